The Bertz CT molecular complexity index is 403. The number of nitro benzene ring substituents is 1. The van der Waals surface area contributed by atoms with Crippen LogP contribution in [0.15, 0.2) is 24.3 Å². The predicted octanol–water partition coefficient (Wildman–Crippen LogP) is 2.33. The van der Waals surface area contributed by atoms with Gasteiger partial charge >= 0.3 is 0 Å². The van der Waals surface area contributed by atoms with E-state index in [0.29, 0.717) is 0 Å². The van der Waals surface area contributed by atoms with Gasteiger partial charge in [-0.2, -0.15) is 0 Å². The lowest BCUT2D eigenvalue weighted by atomic mass is 10.2. The van der Waals surface area contributed by atoms with Crippen LogP contribution < -0.4 is 5.73 Å². The monoisotopic (exact) mass is 300 g/mol. The van der Waals surface area contributed by atoms with Gasteiger partial charge in [-0.25, -0.2) is 4.39 Å². The normalized spacial score (nSPS) is 10.7. The van der Waals surface area contributed by atoms with Crippen molar-refractivity contribution in [3.8, 4) is 12.8 Å². The second kappa shape index (κ2) is 13.0. The van der Waals surface area contributed by atoms with Crippen LogP contribution in [0.1, 0.15) is 13.3 Å². The summed E-state index contributed by atoms with van der Waals surface area (Å²) in [4.78, 5) is 9.43. The third kappa shape index (κ3) is 11.5. The molecule has 1 aromatic carbocycles. The van der Waals surface area contributed by atoms with E-state index in [-0.39, 0.29) is 18.0 Å². The summed E-state index contributed by atoms with van der Waals surface area (Å²) in [6.45, 7) is 1.92. The number of methoxy groups -OCH3 is 2. The van der Waals surface area contributed by atoms with Gasteiger partial charge in [0.1, 0.15) is 5.82 Å². The smallest absolute Gasteiger partial charge is 0.269 e. The fourth-order valence-electron chi connectivity index (χ4n) is 1.16. The molecule has 21 heavy (non-hydrogen) atoms. The van der Waals surface area contributed by atoms with Gasteiger partial charge in [-0.15, -0.1) is 12.8 Å². The van der Waals surface area contributed by atoms with E-state index in [1.165, 1.54) is 0 Å². The molecule has 0 radical (unpaired) electrons. The third-order valence-electron chi connectivity index (χ3n) is 2.13. The molecule has 0 bridgehead atoms. The van der Waals surface area contributed by atoms with Crippen molar-refractivity contribution in [2.45, 2.75) is 25.7 Å². The van der Waals surface area contributed by atoms with Crippen LogP contribution in [0.4, 0.5) is 10.1 Å². The van der Waals surface area contributed by atoms with Crippen LogP contribution in [0.3, 0.4) is 0 Å². The molecular formula is C14H21FN2O4. The Balaban J connectivity index is 0. The van der Waals surface area contributed by atoms with Crippen LogP contribution in [0, 0.1) is 28.8 Å². The lowest BCUT2D eigenvalue weighted by molar-refractivity contribution is -0.384. The van der Waals surface area contributed by atoms with Crippen LogP contribution in [0.25, 0.3) is 0 Å². The molecule has 118 valence electrons. The maximum atomic E-state index is 12.1. The molecule has 0 aliphatic heterocycles. The average Bonchev–Trinajstić information content (AvgIpc) is 2.47. The molecule has 1 aromatic rings. The minimum atomic E-state index is -0.570. The minimum absolute atomic E-state index is 0.0959. The molecule has 0 fully saturated rings. The van der Waals surface area contributed by atoms with Crippen LogP contribution in [-0.4, -0.2) is 31.5 Å². The second-order valence-electron chi connectivity index (χ2n) is 3.85. The summed E-state index contributed by atoms with van der Waals surface area (Å²) < 4.78 is 21.9. The number of rotatable bonds is 5. The van der Waals surface area contributed by atoms with E-state index in [0.717, 1.165) is 30.7 Å². The van der Waals surface area contributed by atoms with Gasteiger partial charge in [0.2, 0.25) is 0 Å². The molecule has 2 N–H and O–H groups in total. The Morgan fingerprint density at radius 2 is 1.71 bits per heavy atom. The predicted molar refractivity (Wildman–Crippen MR) is 79.0 cm³/mol. The van der Waals surface area contributed by atoms with Crippen molar-refractivity contribution in [3.05, 3.63) is 40.2 Å². The number of nitrogens with zero attached hydrogens (tertiary/aromatic N) is 1. The molecular weight excluding hydrogens is 279 g/mol. The van der Waals surface area contributed by atoms with E-state index < -0.39 is 10.7 Å². The van der Waals surface area contributed by atoms with Gasteiger partial charge in [0.25, 0.3) is 5.69 Å². The number of non-ortho nitro benzene ring substituents is 1. The molecule has 0 spiro atoms. The Hall–Kier alpha value is -2.01. The first kappa shape index (κ1) is 21.3. The second-order valence-corrected chi connectivity index (χ2v) is 3.85. The quantitative estimate of drug-likeness (QED) is 0.390. The van der Waals surface area contributed by atoms with E-state index in [1.807, 2.05) is 6.92 Å². The maximum absolute atomic E-state index is 12.1. The van der Waals surface area contributed by atoms with Gasteiger partial charge in [-0.3, -0.25) is 10.1 Å². The zero-order valence-corrected chi connectivity index (χ0v) is 12.4. The minimum Gasteiger partial charge on any atom is -0.356 e. The SMILES string of the molecule is C#C.COC(C[C@H](C)N)OC.O=[N+]([O-])c1ccc(F)cc1. The average molecular weight is 300 g/mol. The van der Waals surface area contributed by atoms with Gasteiger partial charge in [-0.1, -0.05) is 0 Å². The summed E-state index contributed by atoms with van der Waals surface area (Å²) in [5.74, 6) is -0.467. The number of benzene rings is 1. The topological polar surface area (TPSA) is 87.6 Å². The van der Waals surface area contributed by atoms with E-state index in [9.17, 15) is 14.5 Å². The third-order valence-corrected chi connectivity index (χ3v) is 2.13. The van der Waals surface area contributed by atoms with Crippen molar-refractivity contribution in [3.63, 3.8) is 0 Å². The maximum Gasteiger partial charge on any atom is 0.269 e. The first-order valence-electron chi connectivity index (χ1n) is 5.95. The van der Waals surface area contributed by atoms with Crippen LogP contribution in [0.5, 0.6) is 0 Å². The molecule has 0 aliphatic carbocycles. The highest BCUT2D eigenvalue weighted by Crippen LogP contribution is 2.09. The summed E-state index contributed by atoms with van der Waals surface area (Å²) >= 11 is 0. The van der Waals surface area contributed by atoms with Gasteiger partial charge in [0.05, 0.1) is 4.92 Å². The number of nitrogens with two attached hydrogens (primary N) is 1. The molecule has 6 nitrogen and oxygen atoms in total. The molecule has 0 saturated carbocycles. The van der Waals surface area contributed by atoms with Crippen LogP contribution in [0.2, 0.25) is 0 Å². The highest BCUT2D eigenvalue weighted by Gasteiger charge is 2.06. The fourth-order valence-corrected chi connectivity index (χ4v) is 1.16. The summed E-state index contributed by atoms with van der Waals surface area (Å²) in [5, 5.41) is 10.00. The molecule has 0 aromatic heterocycles. The fraction of sp³-hybridized carbons (Fsp3) is 0.429. The first-order valence-corrected chi connectivity index (χ1v) is 5.95. The van der Waals surface area contributed by atoms with Gasteiger partial charge in [-0.05, 0) is 19.1 Å². The molecule has 0 saturated heterocycles. The lowest BCUT2D eigenvalue weighted by Gasteiger charge is -2.14. The number of nitro groups is 1. The molecule has 1 atom stereocenters. The Morgan fingerprint density at radius 3 is 1.95 bits per heavy atom. The summed E-state index contributed by atoms with van der Waals surface area (Å²) in [6.07, 6.45) is 8.59. The molecule has 7 heteroatoms. The first-order chi connectivity index (χ1) is 9.90. The van der Waals surface area contributed by atoms with Crippen molar-refractivity contribution in [1.29, 1.82) is 0 Å². The highest BCUT2D eigenvalue weighted by atomic mass is 19.1. The Morgan fingerprint density at radius 1 is 1.29 bits per heavy atom. The Kier molecular flexibility index (Phi) is 13.2. The van der Waals surface area contributed by atoms with Crippen LogP contribution in [-0.2, 0) is 9.47 Å². The van der Waals surface area contributed by atoms with Crippen LogP contribution >= 0.6 is 0 Å². The molecule has 0 aliphatic rings. The largest absolute Gasteiger partial charge is 0.356 e. The molecule has 1 rings (SSSR count). The molecule has 0 heterocycles. The summed E-state index contributed by atoms with van der Waals surface area (Å²) in [5.41, 5.74) is 5.39. The van der Waals surface area contributed by atoms with Crippen molar-refractivity contribution >= 4 is 5.69 Å². The van der Waals surface area contributed by atoms with Crippen molar-refractivity contribution in [1.82, 2.24) is 0 Å². The number of hydrogen-bond donors (Lipinski definition) is 1. The van der Waals surface area contributed by atoms with Gasteiger partial charge in [0.15, 0.2) is 6.29 Å². The van der Waals surface area contributed by atoms with E-state index in [4.69, 9.17) is 15.2 Å². The molecule has 0 amide bonds. The summed E-state index contributed by atoms with van der Waals surface area (Å²) in [7, 11) is 3.22. The van der Waals surface area contributed by atoms with Crippen molar-refractivity contribution in [2.24, 2.45) is 5.73 Å². The van der Waals surface area contributed by atoms with E-state index in [1.54, 1.807) is 14.2 Å². The number of hydrogen-bond acceptors (Lipinski definition) is 5. The van der Waals surface area contributed by atoms with Crippen molar-refractivity contribution < 1.29 is 18.8 Å². The Labute approximate surface area is 124 Å². The number of terminal acetylenes is 1. The summed E-state index contributed by atoms with van der Waals surface area (Å²) in [6, 6.07) is 4.48. The lowest BCUT2D eigenvalue weighted by Crippen LogP contribution is -2.25. The zero-order chi connectivity index (χ0) is 16.8. The van der Waals surface area contributed by atoms with Gasteiger partial charge < -0.3 is 15.2 Å². The number of halogens is 1. The standard InChI is InChI=1S/C6H4FNO2.C6H15NO2.C2H2/c7-5-1-3-6(4-2-5)8(9)10;1-5(7)4-6(8-2)9-3;1-2/h1-4H;5-6H,4,7H2,1-3H3;1-2H/t;5-;/m.0./s1. The van der Waals surface area contributed by atoms with Crippen molar-refractivity contribution in [2.75, 3.05) is 14.2 Å². The highest BCUT2D eigenvalue weighted by molar-refractivity contribution is 5.28. The van der Waals surface area contributed by atoms with Gasteiger partial charge in [0, 0.05) is 38.8 Å². The number of ether oxygens (including phenoxy) is 2. The molecule has 0 unspecified atom stereocenters. The van der Waals surface area contributed by atoms with E-state index >= 15 is 0 Å². The zero-order valence-electron chi connectivity index (χ0n) is 12.4. The van der Waals surface area contributed by atoms with E-state index in [2.05, 4.69) is 12.8 Å².